The molecule has 0 unspecified atom stereocenters. The molecule has 0 saturated heterocycles. The first-order chi connectivity index (χ1) is 10.1. The second-order valence-electron chi connectivity index (χ2n) is 4.06. The van der Waals surface area contributed by atoms with Gasteiger partial charge in [0.15, 0.2) is 0 Å². The number of benzene rings is 1. The van der Waals surface area contributed by atoms with E-state index in [0.29, 0.717) is 17.2 Å². The van der Waals surface area contributed by atoms with E-state index in [1.807, 2.05) is 6.07 Å². The van der Waals surface area contributed by atoms with Gasteiger partial charge in [-0.15, -0.1) is 6.58 Å². The Morgan fingerprint density at radius 1 is 1.52 bits per heavy atom. The maximum Gasteiger partial charge on any atom is 0.308 e. The SMILES string of the molecule is C=CCSC1=N/C(=C\c2cccc(OC(C)=O)c2)C(=O)S1. The van der Waals surface area contributed by atoms with Gasteiger partial charge in [0, 0.05) is 12.7 Å². The Kier molecular flexibility index (Phi) is 5.41. The summed E-state index contributed by atoms with van der Waals surface area (Å²) in [6.45, 7) is 4.98. The molecule has 6 heteroatoms. The summed E-state index contributed by atoms with van der Waals surface area (Å²) in [5.74, 6) is 0.780. The standard InChI is InChI=1S/C15H13NO3S2/c1-3-7-20-15-16-13(14(18)21-15)9-11-5-4-6-12(8-11)19-10(2)17/h3-6,8-9H,1,7H2,2H3/b13-9-. The maximum absolute atomic E-state index is 11.9. The van der Waals surface area contributed by atoms with Crippen LogP contribution in [-0.2, 0) is 9.59 Å². The minimum absolute atomic E-state index is 0.0838. The molecule has 1 aromatic rings. The molecule has 0 bridgehead atoms. The van der Waals surface area contributed by atoms with E-state index >= 15 is 0 Å². The average Bonchev–Trinajstić information content (AvgIpc) is 2.76. The molecule has 1 aliphatic rings. The monoisotopic (exact) mass is 319 g/mol. The molecule has 0 fully saturated rings. The first-order valence-electron chi connectivity index (χ1n) is 6.13. The molecule has 1 aliphatic heterocycles. The fraction of sp³-hybridized carbons (Fsp3) is 0.133. The lowest BCUT2D eigenvalue weighted by Gasteiger charge is -2.01. The van der Waals surface area contributed by atoms with Crippen LogP contribution in [0.15, 0.2) is 47.6 Å². The van der Waals surface area contributed by atoms with E-state index in [1.165, 1.54) is 18.7 Å². The Bertz CT molecular complexity index is 650. The van der Waals surface area contributed by atoms with Gasteiger partial charge in [-0.3, -0.25) is 9.59 Å². The molecule has 0 saturated carbocycles. The van der Waals surface area contributed by atoms with E-state index in [-0.39, 0.29) is 11.1 Å². The highest BCUT2D eigenvalue weighted by Gasteiger charge is 2.22. The van der Waals surface area contributed by atoms with Crippen molar-refractivity contribution in [2.75, 3.05) is 5.75 Å². The number of nitrogens with zero attached hydrogens (tertiary/aromatic N) is 1. The van der Waals surface area contributed by atoms with Gasteiger partial charge < -0.3 is 4.74 Å². The zero-order valence-corrected chi connectivity index (χ0v) is 13.0. The summed E-state index contributed by atoms with van der Waals surface area (Å²) < 4.78 is 5.74. The number of thioether (sulfide) groups is 2. The molecule has 0 N–H and O–H groups in total. The fourth-order valence-electron chi connectivity index (χ4n) is 1.57. The lowest BCUT2D eigenvalue weighted by Crippen LogP contribution is -2.01. The van der Waals surface area contributed by atoms with Crippen LogP contribution in [0.25, 0.3) is 6.08 Å². The van der Waals surface area contributed by atoms with Crippen LogP contribution in [-0.4, -0.2) is 21.2 Å². The number of hydrogen-bond donors (Lipinski definition) is 0. The number of rotatable bonds is 4. The third-order valence-electron chi connectivity index (χ3n) is 2.35. The summed E-state index contributed by atoms with van der Waals surface area (Å²) in [5, 5.41) is -0.0838. The Morgan fingerprint density at radius 2 is 2.33 bits per heavy atom. The van der Waals surface area contributed by atoms with Gasteiger partial charge in [-0.2, -0.15) is 0 Å². The smallest absolute Gasteiger partial charge is 0.308 e. The van der Waals surface area contributed by atoms with Gasteiger partial charge >= 0.3 is 5.97 Å². The Balaban J connectivity index is 2.18. The van der Waals surface area contributed by atoms with Crippen molar-refractivity contribution in [3.8, 4) is 5.75 Å². The van der Waals surface area contributed by atoms with Crippen molar-refractivity contribution in [3.63, 3.8) is 0 Å². The molecule has 4 nitrogen and oxygen atoms in total. The Hall–Kier alpha value is -1.79. The van der Waals surface area contributed by atoms with Gasteiger partial charge in [-0.05, 0) is 35.5 Å². The first kappa shape index (κ1) is 15.6. The molecule has 21 heavy (non-hydrogen) atoms. The third kappa shape index (κ3) is 4.61. The molecule has 1 aromatic carbocycles. The average molecular weight is 319 g/mol. The van der Waals surface area contributed by atoms with Crippen LogP contribution in [0.4, 0.5) is 0 Å². The Morgan fingerprint density at radius 3 is 3.05 bits per heavy atom. The minimum Gasteiger partial charge on any atom is -0.427 e. The van der Waals surface area contributed by atoms with Crippen molar-refractivity contribution in [2.24, 2.45) is 4.99 Å². The zero-order valence-electron chi connectivity index (χ0n) is 11.4. The number of carbonyl (C=O) groups is 2. The maximum atomic E-state index is 11.9. The highest BCUT2D eigenvalue weighted by Crippen LogP contribution is 2.31. The summed E-state index contributed by atoms with van der Waals surface area (Å²) >= 11 is 2.60. The molecule has 108 valence electrons. The molecular weight excluding hydrogens is 306 g/mol. The number of carbonyl (C=O) groups excluding carboxylic acids is 2. The van der Waals surface area contributed by atoms with E-state index in [2.05, 4.69) is 11.6 Å². The van der Waals surface area contributed by atoms with Crippen LogP contribution < -0.4 is 4.74 Å². The van der Waals surface area contributed by atoms with E-state index in [4.69, 9.17) is 4.74 Å². The van der Waals surface area contributed by atoms with Crippen LogP contribution >= 0.6 is 23.5 Å². The van der Waals surface area contributed by atoms with Crippen molar-refractivity contribution in [1.29, 1.82) is 0 Å². The van der Waals surface area contributed by atoms with Crippen molar-refractivity contribution < 1.29 is 14.3 Å². The second-order valence-corrected chi connectivity index (χ2v) is 6.29. The van der Waals surface area contributed by atoms with E-state index < -0.39 is 0 Å². The summed E-state index contributed by atoms with van der Waals surface area (Å²) in [7, 11) is 0. The lowest BCUT2D eigenvalue weighted by molar-refractivity contribution is -0.131. The number of aliphatic imine (C=N–C) groups is 1. The van der Waals surface area contributed by atoms with Crippen molar-refractivity contribution in [2.45, 2.75) is 6.92 Å². The van der Waals surface area contributed by atoms with Crippen molar-refractivity contribution in [1.82, 2.24) is 0 Å². The van der Waals surface area contributed by atoms with Crippen LogP contribution in [0, 0.1) is 0 Å². The van der Waals surface area contributed by atoms with Gasteiger partial charge in [-0.1, -0.05) is 30.0 Å². The normalized spacial score (nSPS) is 16.0. The molecule has 2 rings (SSSR count). The van der Waals surface area contributed by atoms with Gasteiger partial charge in [0.1, 0.15) is 15.8 Å². The fourth-order valence-corrected chi connectivity index (χ4v) is 3.18. The van der Waals surface area contributed by atoms with Crippen molar-refractivity contribution in [3.05, 3.63) is 48.2 Å². The van der Waals surface area contributed by atoms with Crippen LogP contribution in [0.3, 0.4) is 0 Å². The second kappa shape index (κ2) is 7.28. The number of hydrogen-bond acceptors (Lipinski definition) is 6. The van der Waals surface area contributed by atoms with E-state index in [9.17, 15) is 9.59 Å². The van der Waals surface area contributed by atoms with E-state index in [0.717, 1.165) is 21.7 Å². The van der Waals surface area contributed by atoms with Gasteiger partial charge in [-0.25, -0.2) is 4.99 Å². The quantitative estimate of drug-likeness (QED) is 0.368. The summed E-state index contributed by atoms with van der Waals surface area (Å²) in [5.41, 5.74) is 1.16. The first-order valence-corrected chi connectivity index (χ1v) is 7.93. The number of esters is 1. The molecule has 0 spiro atoms. The number of ether oxygens (including phenoxy) is 1. The topological polar surface area (TPSA) is 55.7 Å². The largest absolute Gasteiger partial charge is 0.427 e. The summed E-state index contributed by atoms with van der Waals surface area (Å²) in [4.78, 5) is 27.1. The van der Waals surface area contributed by atoms with Gasteiger partial charge in [0.25, 0.3) is 0 Å². The van der Waals surface area contributed by atoms with Crippen LogP contribution in [0.2, 0.25) is 0 Å². The zero-order chi connectivity index (χ0) is 15.2. The van der Waals surface area contributed by atoms with E-state index in [1.54, 1.807) is 30.4 Å². The molecule has 0 aliphatic carbocycles. The summed E-state index contributed by atoms with van der Waals surface area (Å²) in [6.07, 6.45) is 3.45. The summed E-state index contributed by atoms with van der Waals surface area (Å²) in [6, 6.07) is 6.96. The third-order valence-corrected chi connectivity index (χ3v) is 4.35. The minimum atomic E-state index is -0.381. The predicted octanol–water partition coefficient (Wildman–Crippen LogP) is 3.50. The predicted molar refractivity (Wildman–Crippen MR) is 88.4 cm³/mol. The van der Waals surface area contributed by atoms with Crippen LogP contribution in [0.1, 0.15) is 12.5 Å². The molecule has 0 amide bonds. The molecule has 0 radical (unpaired) electrons. The molecule has 0 aromatic heterocycles. The van der Waals surface area contributed by atoms with Crippen LogP contribution in [0.5, 0.6) is 5.75 Å². The van der Waals surface area contributed by atoms with Gasteiger partial charge in [0.2, 0.25) is 5.12 Å². The molecular formula is C15H13NO3S2. The molecule has 0 atom stereocenters. The molecule has 1 heterocycles. The van der Waals surface area contributed by atoms with Crippen molar-refractivity contribution >= 4 is 45.1 Å². The highest BCUT2D eigenvalue weighted by molar-refractivity contribution is 8.45. The highest BCUT2D eigenvalue weighted by atomic mass is 32.2. The lowest BCUT2D eigenvalue weighted by atomic mass is 10.2. The Labute approximate surface area is 131 Å². The van der Waals surface area contributed by atoms with Gasteiger partial charge in [0.05, 0.1) is 0 Å².